The Hall–Kier alpha value is -1.35. The predicted molar refractivity (Wildman–Crippen MR) is 42.8 cm³/mol. The average Bonchev–Trinajstić information content (AvgIpc) is 2.07. The van der Waals surface area contributed by atoms with Gasteiger partial charge in [-0.2, -0.15) is 0 Å². The lowest BCUT2D eigenvalue weighted by atomic mass is 9.77. The second kappa shape index (κ2) is 2.60. The van der Waals surface area contributed by atoms with E-state index in [1.807, 2.05) is 24.3 Å². The molecule has 0 aromatic heterocycles. The number of hydroxylamine groups is 1. The molecule has 62 valence electrons. The van der Waals surface area contributed by atoms with Crippen molar-refractivity contribution >= 4 is 5.91 Å². The van der Waals surface area contributed by atoms with Crippen LogP contribution in [-0.2, 0) is 11.2 Å². The quantitative estimate of drug-likeness (QED) is 0.476. The molecule has 3 heteroatoms. The standard InChI is InChI=1S/C9H9NO2/c11-9(10-12)8-5-6-3-1-2-4-7(6)8/h1-4,8,12H,5H2,(H,10,11). The number of nitrogens with one attached hydrogen (secondary N) is 1. The van der Waals surface area contributed by atoms with E-state index in [2.05, 4.69) is 0 Å². The van der Waals surface area contributed by atoms with Crippen LogP contribution in [0, 0.1) is 0 Å². The summed E-state index contributed by atoms with van der Waals surface area (Å²) in [6.07, 6.45) is 0.739. The average molecular weight is 163 g/mol. The Bertz CT molecular complexity index is 322. The van der Waals surface area contributed by atoms with Gasteiger partial charge in [-0.25, -0.2) is 5.48 Å². The van der Waals surface area contributed by atoms with Gasteiger partial charge in [0, 0.05) is 0 Å². The summed E-state index contributed by atoms with van der Waals surface area (Å²) in [5, 5.41) is 8.40. The zero-order chi connectivity index (χ0) is 8.55. The highest BCUT2D eigenvalue weighted by Gasteiger charge is 2.31. The molecule has 1 aliphatic carbocycles. The largest absolute Gasteiger partial charge is 0.289 e. The maximum atomic E-state index is 11.0. The summed E-state index contributed by atoms with van der Waals surface area (Å²) in [6.45, 7) is 0. The van der Waals surface area contributed by atoms with Crippen molar-refractivity contribution in [2.75, 3.05) is 0 Å². The van der Waals surface area contributed by atoms with E-state index in [1.165, 1.54) is 5.56 Å². The van der Waals surface area contributed by atoms with Crippen molar-refractivity contribution in [1.82, 2.24) is 5.48 Å². The molecule has 2 N–H and O–H groups in total. The van der Waals surface area contributed by atoms with Gasteiger partial charge in [0.25, 0.3) is 5.91 Å². The maximum absolute atomic E-state index is 11.0. The number of hydrogen-bond donors (Lipinski definition) is 2. The molecule has 1 atom stereocenters. The summed E-state index contributed by atoms with van der Waals surface area (Å²) in [5.74, 6) is -0.458. The molecule has 0 bridgehead atoms. The van der Waals surface area contributed by atoms with Crippen LogP contribution in [0.15, 0.2) is 24.3 Å². The van der Waals surface area contributed by atoms with Gasteiger partial charge in [-0.15, -0.1) is 0 Å². The number of amides is 1. The Morgan fingerprint density at radius 2 is 2.25 bits per heavy atom. The van der Waals surface area contributed by atoms with Crippen molar-refractivity contribution in [3.63, 3.8) is 0 Å². The second-order valence-corrected chi connectivity index (χ2v) is 2.93. The maximum Gasteiger partial charge on any atom is 0.251 e. The van der Waals surface area contributed by atoms with Gasteiger partial charge in [0.15, 0.2) is 0 Å². The van der Waals surface area contributed by atoms with Gasteiger partial charge in [-0.05, 0) is 17.5 Å². The monoisotopic (exact) mass is 163 g/mol. The van der Waals surface area contributed by atoms with Crippen LogP contribution in [0.4, 0.5) is 0 Å². The van der Waals surface area contributed by atoms with Crippen molar-refractivity contribution in [2.45, 2.75) is 12.3 Å². The van der Waals surface area contributed by atoms with E-state index in [1.54, 1.807) is 5.48 Å². The lowest BCUT2D eigenvalue weighted by Gasteiger charge is -2.27. The number of carbonyl (C=O) groups is 1. The van der Waals surface area contributed by atoms with E-state index >= 15 is 0 Å². The third-order valence-electron chi connectivity index (χ3n) is 2.28. The highest BCUT2D eigenvalue weighted by molar-refractivity contribution is 5.85. The summed E-state index contributed by atoms with van der Waals surface area (Å²) in [4.78, 5) is 11.0. The Morgan fingerprint density at radius 1 is 1.50 bits per heavy atom. The van der Waals surface area contributed by atoms with Crippen molar-refractivity contribution in [3.8, 4) is 0 Å². The molecule has 1 amide bonds. The van der Waals surface area contributed by atoms with Crippen molar-refractivity contribution < 1.29 is 10.0 Å². The van der Waals surface area contributed by atoms with Crippen molar-refractivity contribution in [3.05, 3.63) is 35.4 Å². The number of benzene rings is 1. The summed E-state index contributed by atoms with van der Waals surface area (Å²) in [7, 11) is 0. The first-order valence-corrected chi connectivity index (χ1v) is 3.84. The minimum atomic E-state index is -0.311. The van der Waals surface area contributed by atoms with E-state index in [9.17, 15) is 4.79 Å². The molecular weight excluding hydrogens is 154 g/mol. The molecule has 3 nitrogen and oxygen atoms in total. The minimum absolute atomic E-state index is 0.147. The third kappa shape index (κ3) is 0.905. The van der Waals surface area contributed by atoms with Gasteiger partial charge in [0.1, 0.15) is 0 Å². The van der Waals surface area contributed by atoms with Gasteiger partial charge < -0.3 is 0 Å². The van der Waals surface area contributed by atoms with Gasteiger partial charge in [0.2, 0.25) is 0 Å². The molecule has 0 spiro atoms. The molecule has 0 radical (unpaired) electrons. The lowest BCUT2D eigenvalue weighted by Crippen LogP contribution is -2.33. The molecule has 1 aliphatic rings. The van der Waals surface area contributed by atoms with Crippen LogP contribution in [0.3, 0.4) is 0 Å². The number of fused-ring (bicyclic) bond motifs is 1. The van der Waals surface area contributed by atoms with E-state index in [-0.39, 0.29) is 11.8 Å². The Morgan fingerprint density at radius 3 is 2.92 bits per heavy atom. The van der Waals surface area contributed by atoms with Crippen LogP contribution >= 0.6 is 0 Å². The molecule has 0 heterocycles. The van der Waals surface area contributed by atoms with Crippen LogP contribution in [0.25, 0.3) is 0 Å². The van der Waals surface area contributed by atoms with E-state index in [0.29, 0.717) is 0 Å². The zero-order valence-corrected chi connectivity index (χ0v) is 6.45. The van der Waals surface area contributed by atoms with Crippen molar-refractivity contribution in [2.24, 2.45) is 0 Å². The SMILES string of the molecule is O=C(NO)C1Cc2ccccc21. The first-order valence-electron chi connectivity index (χ1n) is 3.84. The number of rotatable bonds is 1. The lowest BCUT2D eigenvalue weighted by molar-refractivity contribution is -0.131. The molecule has 12 heavy (non-hydrogen) atoms. The van der Waals surface area contributed by atoms with Gasteiger partial charge >= 0.3 is 0 Å². The Kier molecular flexibility index (Phi) is 1.59. The van der Waals surface area contributed by atoms with Crippen LogP contribution in [0.5, 0.6) is 0 Å². The molecule has 1 unspecified atom stereocenters. The molecule has 0 saturated carbocycles. The highest BCUT2D eigenvalue weighted by Crippen LogP contribution is 2.34. The summed E-state index contributed by atoms with van der Waals surface area (Å²) in [5.41, 5.74) is 3.90. The topological polar surface area (TPSA) is 49.3 Å². The minimum Gasteiger partial charge on any atom is -0.289 e. The van der Waals surface area contributed by atoms with Gasteiger partial charge in [-0.3, -0.25) is 10.0 Å². The fraction of sp³-hybridized carbons (Fsp3) is 0.222. The van der Waals surface area contributed by atoms with E-state index < -0.39 is 0 Å². The summed E-state index contributed by atoms with van der Waals surface area (Å²) >= 11 is 0. The molecule has 1 aromatic carbocycles. The van der Waals surface area contributed by atoms with Gasteiger partial charge in [0.05, 0.1) is 5.92 Å². The normalized spacial score (nSPS) is 19.2. The molecule has 0 fully saturated rings. The Labute approximate surface area is 70.0 Å². The first kappa shape index (κ1) is 7.31. The van der Waals surface area contributed by atoms with Crippen LogP contribution < -0.4 is 5.48 Å². The first-order chi connectivity index (χ1) is 5.83. The Balaban J connectivity index is 2.25. The fourth-order valence-corrected chi connectivity index (χ4v) is 1.57. The summed E-state index contributed by atoms with van der Waals surface area (Å²) < 4.78 is 0. The van der Waals surface area contributed by atoms with Crippen LogP contribution in [0.2, 0.25) is 0 Å². The molecule has 1 aromatic rings. The van der Waals surface area contributed by atoms with E-state index in [0.717, 1.165) is 12.0 Å². The fourth-order valence-electron chi connectivity index (χ4n) is 1.57. The van der Waals surface area contributed by atoms with E-state index in [4.69, 9.17) is 5.21 Å². The molecule has 0 saturated heterocycles. The molecular formula is C9H9NO2. The third-order valence-corrected chi connectivity index (χ3v) is 2.28. The zero-order valence-electron chi connectivity index (χ0n) is 6.45. The second-order valence-electron chi connectivity index (χ2n) is 2.93. The van der Waals surface area contributed by atoms with Gasteiger partial charge in [-0.1, -0.05) is 24.3 Å². The number of hydrogen-bond acceptors (Lipinski definition) is 2. The predicted octanol–water partition coefficient (Wildman–Crippen LogP) is 0.832. The van der Waals surface area contributed by atoms with Crippen molar-refractivity contribution in [1.29, 1.82) is 0 Å². The number of carbonyl (C=O) groups excluding carboxylic acids is 1. The smallest absolute Gasteiger partial charge is 0.251 e. The molecule has 2 rings (SSSR count). The summed E-state index contributed by atoms with van der Waals surface area (Å²) in [6, 6.07) is 7.76. The van der Waals surface area contributed by atoms with Crippen LogP contribution in [-0.4, -0.2) is 11.1 Å². The highest BCUT2D eigenvalue weighted by atomic mass is 16.5. The molecule has 0 aliphatic heterocycles. The van der Waals surface area contributed by atoms with Crippen LogP contribution in [0.1, 0.15) is 17.0 Å².